The summed E-state index contributed by atoms with van der Waals surface area (Å²) < 4.78 is 36.7. The molecule has 4 heterocycles. The molecule has 3 aliphatic rings. The summed E-state index contributed by atoms with van der Waals surface area (Å²) in [6.07, 6.45) is 3.93. The molecule has 202 valence electrons. The lowest BCUT2D eigenvalue weighted by Crippen LogP contribution is -2.47. The summed E-state index contributed by atoms with van der Waals surface area (Å²) in [7, 11) is 1.60. The van der Waals surface area contributed by atoms with Crippen LogP contribution >= 0.6 is 11.6 Å². The van der Waals surface area contributed by atoms with Crippen molar-refractivity contribution in [1.82, 2.24) is 14.5 Å². The summed E-state index contributed by atoms with van der Waals surface area (Å²) in [6.45, 7) is 2.75. The van der Waals surface area contributed by atoms with Crippen molar-refractivity contribution in [3.8, 4) is 5.75 Å². The number of pyridine rings is 1. The molecule has 38 heavy (non-hydrogen) atoms. The summed E-state index contributed by atoms with van der Waals surface area (Å²) in [6, 6.07) is 4.27. The fraction of sp³-hybridized carbons (Fsp3) is 0.500. The zero-order valence-corrected chi connectivity index (χ0v) is 21.9. The number of nitrogens with one attached hydrogen (secondary N) is 2. The van der Waals surface area contributed by atoms with Crippen molar-refractivity contribution in [1.29, 1.82) is 0 Å². The Morgan fingerprint density at radius 2 is 2.08 bits per heavy atom. The number of benzene rings is 1. The van der Waals surface area contributed by atoms with E-state index < -0.39 is 24.1 Å². The third kappa shape index (κ3) is 4.51. The number of rotatable bonds is 4. The van der Waals surface area contributed by atoms with E-state index in [1.54, 1.807) is 31.4 Å². The number of hydrogen-bond donors (Lipinski definition) is 3. The quantitative estimate of drug-likeness (QED) is 0.449. The number of halogens is 3. The minimum Gasteiger partial charge on any atom is -0.480 e. The molecule has 4 N–H and O–H groups in total. The molecular formula is C26H30ClF2N7O2. The molecular weight excluding hydrogens is 516 g/mol. The summed E-state index contributed by atoms with van der Waals surface area (Å²) in [5, 5.41) is 7.15. The van der Waals surface area contributed by atoms with Crippen LogP contribution in [0.4, 0.5) is 31.9 Å². The van der Waals surface area contributed by atoms with Crippen LogP contribution in [-0.4, -0.2) is 52.2 Å². The third-order valence-corrected chi connectivity index (χ3v) is 7.86. The minimum absolute atomic E-state index is 0.0402. The van der Waals surface area contributed by atoms with Gasteiger partial charge in [0.25, 0.3) is 5.56 Å². The molecule has 12 heteroatoms. The Hall–Kier alpha value is -3.18. The fourth-order valence-electron chi connectivity index (χ4n) is 5.58. The highest BCUT2D eigenvalue weighted by molar-refractivity contribution is 6.32. The monoisotopic (exact) mass is 545 g/mol. The van der Waals surface area contributed by atoms with E-state index in [0.29, 0.717) is 58.7 Å². The lowest BCUT2D eigenvalue weighted by Gasteiger charge is -2.34. The van der Waals surface area contributed by atoms with Gasteiger partial charge in [0.2, 0.25) is 11.7 Å². The van der Waals surface area contributed by atoms with Gasteiger partial charge in [0.05, 0.1) is 23.4 Å². The second-order valence-corrected chi connectivity index (χ2v) is 11.2. The highest BCUT2D eigenvalue weighted by atomic mass is 35.5. The first-order chi connectivity index (χ1) is 18.1. The van der Waals surface area contributed by atoms with Crippen molar-refractivity contribution in [3.63, 3.8) is 0 Å². The molecule has 1 aliphatic carbocycles. The van der Waals surface area contributed by atoms with Gasteiger partial charge in [-0.1, -0.05) is 18.5 Å². The van der Waals surface area contributed by atoms with E-state index in [1.165, 1.54) is 4.57 Å². The van der Waals surface area contributed by atoms with Crippen LogP contribution in [0.25, 0.3) is 10.9 Å². The van der Waals surface area contributed by atoms with Gasteiger partial charge in [0.1, 0.15) is 5.02 Å². The van der Waals surface area contributed by atoms with Crippen LogP contribution in [0.5, 0.6) is 5.75 Å². The molecule has 0 radical (unpaired) electrons. The standard InChI is InChI=1S/C26H30ClF2N7O2/c1-13-7-15(30)11-36(10-13)25-31-9-18(27)23(34-25)32-16-5-6-19-17(8-16)20-21(24(37)35(19)2)38-12-26(28,29)22(33-20)14-3-4-14/h5-6,8-9,13-15,22,33H,3-4,7,10-12,30H2,1-2H3,(H,31,32,34)/t13-,15+,22-/m0/s1. The van der Waals surface area contributed by atoms with Crippen LogP contribution in [0.1, 0.15) is 26.2 Å². The normalized spacial score (nSPS) is 24.8. The van der Waals surface area contributed by atoms with Crippen molar-refractivity contribution in [2.24, 2.45) is 24.6 Å². The zero-order chi connectivity index (χ0) is 26.8. The Labute approximate surface area is 223 Å². The number of aryl methyl sites for hydroxylation is 1. The first-order valence-corrected chi connectivity index (χ1v) is 13.2. The molecule has 0 spiro atoms. The van der Waals surface area contributed by atoms with Crippen molar-refractivity contribution >= 4 is 45.6 Å². The van der Waals surface area contributed by atoms with Crippen molar-refractivity contribution in [2.45, 2.75) is 44.2 Å². The van der Waals surface area contributed by atoms with Gasteiger partial charge in [-0.15, -0.1) is 0 Å². The summed E-state index contributed by atoms with van der Waals surface area (Å²) in [4.78, 5) is 24.1. The van der Waals surface area contributed by atoms with Gasteiger partial charge in [-0.3, -0.25) is 4.79 Å². The van der Waals surface area contributed by atoms with Gasteiger partial charge < -0.3 is 30.6 Å². The van der Waals surface area contributed by atoms with Crippen molar-refractivity contribution < 1.29 is 13.5 Å². The molecule has 1 aromatic carbocycles. The van der Waals surface area contributed by atoms with Gasteiger partial charge in [-0.25, -0.2) is 13.8 Å². The molecule has 3 aromatic rings. The first kappa shape index (κ1) is 25.1. The molecule has 9 nitrogen and oxygen atoms in total. The molecule has 3 atom stereocenters. The van der Waals surface area contributed by atoms with E-state index in [1.807, 2.05) is 0 Å². The fourth-order valence-corrected chi connectivity index (χ4v) is 5.72. The second-order valence-electron chi connectivity index (χ2n) is 10.8. The highest BCUT2D eigenvalue weighted by Crippen LogP contribution is 2.45. The number of piperidine rings is 1. The maximum Gasteiger partial charge on any atom is 0.301 e. The van der Waals surface area contributed by atoms with Gasteiger partial charge in [0.15, 0.2) is 12.4 Å². The predicted molar refractivity (Wildman–Crippen MR) is 144 cm³/mol. The lowest BCUT2D eigenvalue weighted by atomic mass is 9.97. The van der Waals surface area contributed by atoms with E-state index in [-0.39, 0.29) is 23.4 Å². The zero-order valence-electron chi connectivity index (χ0n) is 21.2. The third-order valence-electron chi connectivity index (χ3n) is 7.58. The average molecular weight is 546 g/mol. The van der Waals surface area contributed by atoms with Gasteiger partial charge in [-0.05, 0) is 49.3 Å². The van der Waals surface area contributed by atoms with Crippen molar-refractivity contribution in [2.75, 3.05) is 35.2 Å². The Balaban J connectivity index is 1.38. The number of aromatic nitrogens is 3. The Morgan fingerprint density at radius 1 is 1.29 bits per heavy atom. The lowest BCUT2D eigenvalue weighted by molar-refractivity contribution is -0.0579. The second kappa shape index (κ2) is 9.23. The SMILES string of the molecule is C[C@H]1C[C@@H](N)CN(c2ncc(Cl)c(Nc3ccc4c(c3)c3c(c(=O)n4C)OCC(F)(F)[C@H](C4CC4)N3)n2)C1. The molecule has 1 saturated heterocycles. The molecule has 2 aliphatic heterocycles. The van der Waals surface area contributed by atoms with Crippen LogP contribution in [0.15, 0.2) is 29.2 Å². The number of fused-ring (bicyclic) bond motifs is 3. The van der Waals surface area contributed by atoms with E-state index in [0.717, 1.165) is 13.0 Å². The predicted octanol–water partition coefficient (Wildman–Crippen LogP) is 4.12. The Bertz CT molecular complexity index is 1450. The number of nitrogens with zero attached hydrogens (tertiary/aromatic N) is 4. The van der Waals surface area contributed by atoms with E-state index in [9.17, 15) is 13.6 Å². The van der Waals surface area contributed by atoms with E-state index in [4.69, 9.17) is 22.1 Å². The molecule has 6 rings (SSSR count). The number of nitrogens with two attached hydrogens (primary N) is 1. The average Bonchev–Trinajstić information content (AvgIpc) is 3.71. The number of anilines is 4. The van der Waals surface area contributed by atoms with Crippen LogP contribution in [-0.2, 0) is 7.05 Å². The van der Waals surface area contributed by atoms with Crippen LogP contribution < -0.4 is 31.6 Å². The first-order valence-electron chi connectivity index (χ1n) is 12.8. The summed E-state index contributed by atoms with van der Waals surface area (Å²) in [5.41, 5.74) is 7.23. The van der Waals surface area contributed by atoms with Crippen molar-refractivity contribution in [3.05, 3.63) is 39.8 Å². The van der Waals surface area contributed by atoms with E-state index in [2.05, 4.69) is 32.4 Å². The molecule has 0 bridgehead atoms. The molecule has 0 amide bonds. The van der Waals surface area contributed by atoms with Crippen LogP contribution in [0, 0.1) is 11.8 Å². The van der Waals surface area contributed by atoms with Gasteiger partial charge in [0, 0.05) is 37.3 Å². The van der Waals surface area contributed by atoms with Gasteiger partial charge in [-0.2, -0.15) is 4.98 Å². The topological polar surface area (TPSA) is 110 Å². The Kier molecular flexibility index (Phi) is 6.10. The maximum atomic E-state index is 14.9. The molecule has 2 fully saturated rings. The largest absolute Gasteiger partial charge is 0.480 e. The Morgan fingerprint density at radius 3 is 2.82 bits per heavy atom. The van der Waals surface area contributed by atoms with E-state index >= 15 is 0 Å². The number of hydrogen-bond acceptors (Lipinski definition) is 8. The summed E-state index contributed by atoms with van der Waals surface area (Å²) in [5.74, 6) is -2.02. The highest BCUT2D eigenvalue weighted by Gasteiger charge is 2.51. The molecule has 1 saturated carbocycles. The maximum absolute atomic E-state index is 14.9. The van der Waals surface area contributed by atoms with Crippen LogP contribution in [0.2, 0.25) is 5.02 Å². The molecule has 0 unspecified atom stereocenters. The minimum atomic E-state index is -3.10. The number of alkyl halides is 2. The number of ether oxygens (including phenoxy) is 1. The van der Waals surface area contributed by atoms with Gasteiger partial charge >= 0.3 is 5.92 Å². The molecule has 2 aromatic heterocycles. The smallest absolute Gasteiger partial charge is 0.301 e. The summed E-state index contributed by atoms with van der Waals surface area (Å²) >= 11 is 6.44. The van der Waals surface area contributed by atoms with Crippen LogP contribution in [0.3, 0.4) is 0 Å².